The van der Waals surface area contributed by atoms with Gasteiger partial charge in [-0.2, -0.15) is 0 Å². The van der Waals surface area contributed by atoms with Gasteiger partial charge in [0.1, 0.15) is 0 Å². The second kappa shape index (κ2) is 7.47. The summed E-state index contributed by atoms with van der Waals surface area (Å²) in [4.78, 5) is 0. The van der Waals surface area contributed by atoms with Crippen LogP contribution in [0.5, 0.6) is 11.5 Å². The molecular formula is C15H23NO4. The maximum absolute atomic E-state index is 10.2. The molecule has 1 aliphatic heterocycles. The number of ether oxygens (including phenoxy) is 2. The summed E-state index contributed by atoms with van der Waals surface area (Å²) < 4.78 is 10.5. The smallest absolute Gasteiger partial charge is 0.231 e. The standard InChI is InChI=1S/C15H23NO4/c1-2-11(5-6-17)8-16-9-13(18)12-3-4-14-15(7-12)20-10-19-14/h3-4,7,11,13,16-18H,2,5-6,8-10H2,1H3. The van der Waals surface area contributed by atoms with Crippen molar-refractivity contribution in [2.24, 2.45) is 5.92 Å². The molecule has 5 nitrogen and oxygen atoms in total. The van der Waals surface area contributed by atoms with Crippen LogP contribution in [-0.2, 0) is 0 Å². The zero-order chi connectivity index (χ0) is 14.4. The van der Waals surface area contributed by atoms with Crippen molar-refractivity contribution in [1.29, 1.82) is 0 Å². The third-order valence-corrected chi connectivity index (χ3v) is 3.67. The van der Waals surface area contributed by atoms with Gasteiger partial charge in [-0.25, -0.2) is 0 Å². The summed E-state index contributed by atoms with van der Waals surface area (Å²) in [7, 11) is 0. The van der Waals surface area contributed by atoms with Crippen LogP contribution < -0.4 is 14.8 Å². The molecule has 0 radical (unpaired) electrons. The fourth-order valence-corrected chi connectivity index (χ4v) is 2.30. The van der Waals surface area contributed by atoms with E-state index < -0.39 is 6.10 Å². The molecule has 1 aliphatic rings. The fourth-order valence-electron chi connectivity index (χ4n) is 2.30. The molecule has 0 aliphatic carbocycles. The average Bonchev–Trinajstić information content (AvgIpc) is 2.93. The number of aliphatic hydroxyl groups excluding tert-OH is 2. The lowest BCUT2D eigenvalue weighted by atomic mass is 10.0. The van der Waals surface area contributed by atoms with E-state index >= 15 is 0 Å². The molecule has 0 bridgehead atoms. The highest BCUT2D eigenvalue weighted by atomic mass is 16.7. The van der Waals surface area contributed by atoms with Gasteiger partial charge in [0.25, 0.3) is 0 Å². The highest BCUT2D eigenvalue weighted by molar-refractivity contribution is 5.45. The van der Waals surface area contributed by atoms with Crippen molar-refractivity contribution in [2.45, 2.75) is 25.9 Å². The molecular weight excluding hydrogens is 258 g/mol. The molecule has 5 heteroatoms. The second-order valence-electron chi connectivity index (χ2n) is 5.07. The summed E-state index contributed by atoms with van der Waals surface area (Å²) >= 11 is 0. The minimum Gasteiger partial charge on any atom is -0.454 e. The van der Waals surface area contributed by atoms with E-state index in [0.29, 0.717) is 18.2 Å². The molecule has 0 saturated heterocycles. The van der Waals surface area contributed by atoms with Crippen LogP contribution in [0.1, 0.15) is 31.4 Å². The van der Waals surface area contributed by atoms with Crippen LogP contribution in [0.25, 0.3) is 0 Å². The summed E-state index contributed by atoms with van der Waals surface area (Å²) in [6.07, 6.45) is 1.24. The number of hydrogen-bond acceptors (Lipinski definition) is 5. The fraction of sp³-hybridized carbons (Fsp3) is 0.600. The molecule has 0 spiro atoms. The van der Waals surface area contributed by atoms with Crippen LogP contribution in [0.2, 0.25) is 0 Å². The Labute approximate surface area is 119 Å². The number of nitrogens with one attached hydrogen (secondary N) is 1. The number of aliphatic hydroxyl groups is 2. The summed E-state index contributed by atoms with van der Waals surface area (Å²) in [5.41, 5.74) is 0.817. The molecule has 2 rings (SSSR count). The summed E-state index contributed by atoms with van der Waals surface area (Å²) in [6, 6.07) is 5.49. The third-order valence-electron chi connectivity index (χ3n) is 3.67. The number of hydrogen-bond donors (Lipinski definition) is 3. The maximum Gasteiger partial charge on any atom is 0.231 e. The van der Waals surface area contributed by atoms with Crippen molar-refractivity contribution < 1.29 is 19.7 Å². The van der Waals surface area contributed by atoms with Crippen molar-refractivity contribution >= 4 is 0 Å². The van der Waals surface area contributed by atoms with Gasteiger partial charge >= 0.3 is 0 Å². The summed E-state index contributed by atoms with van der Waals surface area (Å²) in [6.45, 7) is 3.86. The second-order valence-corrected chi connectivity index (χ2v) is 5.07. The molecule has 1 aromatic rings. The zero-order valence-electron chi connectivity index (χ0n) is 11.8. The predicted octanol–water partition coefficient (Wildman–Crippen LogP) is 1.45. The summed E-state index contributed by atoms with van der Waals surface area (Å²) in [5, 5.41) is 22.4. The highest BCUT2D eigenvalue weighted by Crippen LogP contribution is 2.34. The van der Waals surface area contributed by atoms with Gasteiger partial charge in [-0.05, 0) is 36.6 Å². The Balaban J connectivity index is 1.81. The highest BCUT2D eigenvalue weighted by Gasteiger charge is 2.16. The molecule has 20 heavy (non-hydrogen) atoms. The van der Waals surface area contributed by atoms with Crippen LogP contribution in [0.15, 0.2) is 18.2 Å². The van der Waals surface area contributed by atoms with Crippen molar-refractivity contribution in [1.82, 2.24) is 5.32 Å². The van der Waals surface area contributed by atoms with Gasteiger partial charge in [0.2, 0.25) is 6.79 Å². The van der Waals surface area contributed by atoms with E-state index in [0.717, 1.165) is 30.7 Å². The molecule has 3 N–H and O–H groups in total. The van der Waals surface area contributed by atoms with Crippen molar-refractivity contribution in [2.75, 3.05) is 26.5 Å². The Bertz CT molecular complexity index is 424. The SMILES string of the molecule is CCC(CCO)CNCC(O)c1ccc2c(c1)OCO2. The first kappa shape index (κ1) is 15.1. The van der Waals surface area contributed by atoms with E-state index in [-0.39, 0.29) is 13.4 Å². The van der Waals surface area contributed by atoms with E-state index in [2.05, 4.69) is 12.2 Å². The van der Waals surface area contributed by atoms with Crippen molar-refractivity contribution in [3.05, 3.63) is 23.8 Å². The Morgan fingerprint density at radius 3 is 2.80 bits per heavy atom. The predicted molar refractivity (Wildman–Crippen MR) is 75.9 cm³/mol. The lowest BCUT2D eigenvalue weighted by molar-refractivity contribution is 0.168. The van der Waals surface area contributed by atoms with Gasteiger partial charge in [0.15, 0.2) is 11.5 Å². The van der Waals surface area contributed by atoms with Crippen LogP contribution in [0.4, 0.5) is 0 Å². The number of fused-ring (bicyclic) bond motifs is 1. The minimum absolute atomic E-state index is 0.213. The van der Waals surface area contributed by atoms with Crippen LogP contribution in [0, 0.1) is 5.92 Å². The number of rotatable bonds is 8. The normalized spacial score (nSPS) is 16.1. The van der Waals surface area contributed by atoms with Gasteiger partial charge in [-0.15, -0.1) is 0 Å². The summed E-state index contributed by atoms with van der Waals surface area (Å²) in [5.74, 6) is 1.86. The topological polar surface area (TPSA) is 71.0 Å². The van der Waals surface area contributed by atoms with Crippen LogP contribution in [0.3, 0.4) is 0 Å². The van der Waals surface area contributed by atoms with E-state index in [9.17, 15) is 5.11 Å². The van der Waals surface area contributed by atoms with Crippen molar-refractivity contribution in [3.63, 3.8) is 0 Å². The molecule has 112 valence electrons. The lowest BCUT2D eigenvalue weighted by Gasteiger charge is -2.17. The van der Waals surface area contributed by atoms with Gasteiger partial charge in [0.05, 0.1) is 6.10 Å². The maximum atomic E-state index is 10.2. The van der Waals surface area contributed by atoms with Gasteiger partial charge in [-0.3, -0.25) is 0 Å². The Kier molecular flexibility index (Phi) is 5.64. The molecule has 2 unspecified atom stereocenters. The number of benzene rings is 1. The molecule has 1 heterocycles. The Morgan fingerprint density at radius 2 is 2.05 bits per heavy atom. The molecule has 0 saturated carbocycles. The quantitative estimate of drug-likeness (QED) is 0.673. The first-order valence-corrected chi connectivity index (χ1v) is 7.13. The average molecular weight is 281 g/mol. The molecule has 1 aromatic carbocycles. The minimum atomic E-state index is -0.573. The molecule has 0 fully saturated rings. The van der Waals surface area contributed by atoms with E-state index in [4.69, 9.17) is 14.6 Å². The first-order chi connectivity index (χ1) is 9.74. The van der Waals surface area contributed by atoms with Gasteiger partial charge < -0.3 is 25.0 Å². The zero-order valence-corrected chi connectivity index (χ0v) is 11.8. The van der Waals surface area contributed by atoms with Gasteiger partial charge in [0, 0.05) is 13.2 Å². The molecule has 0 amide bonds. The third kappa shape index (κ3) is 3.85. The Morgan fingerprint density at radius 1 is 1.25 bits per heavy atom. The van der Waals surface area contributed by atoms with E-state index in [1.54, 1.807) is 0 Å². The van der Waals surface area contributed by atoms with E-state index in [1.165, 1.54) is 0 Å². The Hall–Kier alpha value is -1.30. The molecule has 0 aromatic heterocycles. The first-order valence-electron chi connectivity index (χ1n) is 7.13. The van der Waals surface area contributed by atoms with E-state index in [1.807, 2.05) is 18.2 Å². The molecule has 2 atom stereocenters. The lowest BCUT2D eigenvalue weighted by Crippen LogP contribution is -2.27. The van der Waals surface area contributed by atoms with Crippen molar-refractivity contribution in [3.8, 4) is 11.5 Å². The largest absolute Gasteiger partial charge is 0.454 e. The van der Waals surface area contributed by atoms with Crippen LogP contribution in [-0.4, -0.2) is 36.7 Å². The van der Waals surface area contributed by atoms with Crippen LogP contribution >= 0.6 is 0 Å². The monoisotopic (exact) mass is 281 g/mol. The van der Waals surface area contributed by atoms with Gasteiger partial charge in [-0.1, -0.05) is 19.4 Å².